The molecule has 37 heavy (non-hydrogen) atoms. The summed E-state index contributed by atoms with van der Waals surface area (Å²) in [6.45, 7) is 0. The number of amides is 1. The van der Waals surface area contributed by atoms with E-state index in [1.165, 1.54) is 54.6 Å². The summed E-state index contributed by atoms with van der Waals surface area (Å²) in [7, 11) is 0. The summed E-state index contributed by atoms with van der Waals surface area (Å²) < 4.78 is 33.2. The van der Waals surface area contributed by atoms with Crippen molar-refractivity contribution in [3.05, 3.63) is 130 Å². The van der Waals surface area contributed by atoms with E-state index in [1.807, 2.05) is 6.07 Å². The lowest BCUT2D eigenvalue weighted by molar-refractivity contribution is -0.384. The Kier molecular flexibility index (Phi) is 7.44. The van der Waals surface area contributed by atoms with Crippen molar-refractivity contribution >= 4 is 29.3 Å². The second-order valence-electron chi connectivity index (χ2n) is 7.76. The Bertz CT molecular complexity index is 1520. The summed E-state index contributed by atoms with van der Waals surface area (Å²) in [6, 6.07) is 21.3. The van der Waals surface area contributed by atoms with Crippen LogP contribution < -0.4 is 10.1 Å². The van der Waals surface area contributed by atoms with Gasteiger partial charge in [-0.15, -0.1) is 0 Å². The highest BCUT2D eigenvalue weighted by molar-refractivity contribution is 6.07. The number of nitro groups is 1. The largest absolute Gasteiger partial charge is 0.423 e. The zero-order chi connectivity index (χ0) is 26.4. The lowest BCUT2D eigenvalue weighted by atomic mass is 10.0. The smallest absolute Gasteiger partial charge is 0.336 e. The van der Waals surface area contributed by atoms with Crippen molar-refractivity contribution < 1.29 is 28.0 Å². The summed E-state index contributed by atoms with van der Waals surface area (Å²) in [5.41, 5.74) is 0.741. The van der Waals surface area contributed by atoms with E-state index in [1.54, 1.807) is 24.3 Å². The summed E-state index contributed by atoms with van der Waals surface area (Å²) in [6.07, 6.45) is 2.72. The van der Waals surface area contributed by atoms with Crippen LogP contribution in [-0.2, 0) is 4.79 Å². The second-order valence-corrected chi connectivity index (χ2v) is 7.76. The third-order valence-electron chi connectivity index (χ3n) is 5.20. The standard InChI is InChI=1S/C28H18F2N2O5/c29-20-11-12-23(25(30)16-20)19-10-13-26(37-27(33)14-9-18-5-2-1-3-6-18)24(15-19)28(34)31-21-7-4-8-22(17-21)32(35)36/h1-17H,(H,31,34)/b14-9+. The third-order valence-corrected chi connectivity index (χ3v) is 5.20. The molecule has 184 valence electrons. The van der Waals surface area contributed by atoms with Crippen molar-refractivity contribution in [3.8, 4) is 16.9 Å². The first kappa shape index (κ1) is 24.9. The molecule has 0 spiro atoms. The lowest BCUT2D eigenvalue weighted by Gasteiger charge is -2.12. The molecule has 0 heterocycles. The van der Waals surface area contributed by atoms with Crippen LogP contribution in [0.25, 0.3) is 17.2 Å². The molecule has 0 radical (unpaired) electrons. The molecule has 4 aromatic carbocycles. The first-order valence-corrected chi connectivity index (χ1v) is 10.9. The van der Waals surface area contributed by atoms with Crippen molar-refractivity contribution in [2.45, 2.75) is 0 Å². The van der Waals surface area contributed by atoms with E-state index < -0.39 is 28.4 Å². The van der Waals surface area contributed by atoms with E-state index in [9.17, 15) is 28.5 Å². The number of esters is 1. The molecular formula is C28H18F2N2O5. The van der Waals surface area contributed by atoms with Crippen molar-refractivity contribution in [2.75, 3.05) is 5.32 Å². The average Bonchev–Trinajstić information content (AvgIpc) is 2.88. The molecule has 4 aromatic rings. The molecule has 0 saturated carbocycles. The van der Waals surface area contributed by atoms with Crippen LogP contribution in [0.5, 0.6) is 5.75 Å². The lowest BCUT2D eigenvalue weighted by Crippen LogP contribution is -2.15. The highest BCUT2D eigenvalue weighted by Gasteiger charge is 2.19. The van der Waals surface area contributed by atoms with Gasteiger partial charge in [-0.2, -0.15) is 0 Å². The van der Waals surface area contributed by atoms with E-state index in [4.69, 9.17) is 4.74 Å². The minimum absolute atomic E-state index is 0.0210. The first-order chi connectivity index (χ1) is 17.8. The first-order valence-electron chi connectivity index (χ1n) is 10.9. The fraction of sp³-hybridized carbons (Fsp3) is 0. The average molecular weight is 500 g/mol. The number of ether oxygens (including phenoxy) is 1. The number of nitro benzene ring substituents is 1. The van der Waals surface area contributed by atoms with Crippen LogP contribution in [0.4, 0.5) is 20.2 Å². The summed E-state index contributed by atoms with van der Waals surface area (Å²) in [5.74, 6) is -3.27. The van der Waals surface area contributed by atoms with E-state index >= 15 is 0 Å². The molecule has 0 unspecified atom stereocenters. The van der Waals surface area contributed by atoms with Gasteiger partial charge >= 0.3 is 5.97 Å². The Hall–Kier alpha value is -5.18. The predicted molar refractivity (Wildman–Crippen MR) is 134 cm³/mol. The van der Waals surface area contributed by atoms with Crippen molar-refractivity contribution in [1.82, 2.24) is 0 Å². The molecule has 9 heteroatoms. The normalized spacial score (nSPS) is 10.8. The maximum atomic E-state index is 14.4. The molecule has 0 bridgehead atoms. The molecule has 0 fully saturated rings. The maximum Gasteiger partial charge on any atom is 0.336 e. The maximum absolute atomic E-state index is 14.4. The Morgan fingerprint density at radius 3 is 2.41 bits per heavy atom. The fourth-order valence-corrected chi connectivity index (χ4v) is 3.45. The van der Waals surface area contributed by atoms with Gasteiger partial charge in [0.2, 0.25) is 0 Å². The molecule has 0 aliphatic rings. The van der Waals surface area contributed by atoms with Crippen LogP contribution in [0.3, 0.4) is 0 Å². The number of anilines is 1. The molecule has 0 atom stereocenters. The quantitative estimate of drug-likeness (QED) is 0.104. The van der Waals surface area contributed by atoms with E-state index in [0.717, 1.165) is 17.7 Å². The number of carbonyl (C=O) groups excluding carboxylic acids is 2. The number of rotatable bonds is 7. The number of nitrogens with one attached hydrogen (secondary N) is 1. The molecule has 0 aromatic heterocycles. The van der Waals surface area contributed by atoms with Crippen LogP contribution in [0, 0.1) is 21.7 Å². The highest BCUT2D eigenvalue weighted by Crippen LogP contribution is 2.30. The van der Waals surface area contributed by atoms with Gasteiger partial charge in [0, 0.05) is 35.5 Å². The Morgan fingerprint density at radius 1 is 0.892 bits per heavy atom. The summed E-state index contributed by atoms with van der Waals surface area (Å²) >= 11 is 0. The summed E-state index contributed by atoms with van der Waals surface area (Å²) in [5, 5.41) is 13.6. The predicted octanol–water partition coefficient (Wildman–Crippen LogP) is 6.41. The van der Waals surface area contributed by atoms with E-state index in [2.05, 4.69) is 5.32 Å². The van der Waals surface area contributed by atoms with Gasteiger partial charge in [0.25, 0.3) is 11.6 Å². The van der Waals surface area contributed by atoms with Gasteiger partial charge in [0.1, 0.15) is 17.4 Å². The number of carbonyl (C=O) groups is 2. The van der Waals surface area contributed by atoms with Crippen LogP contribution in [0.2, 0.25) is 0 Å². The number of benzene rings is 4. The van der Waals surface area contributed by atoms with Crippen LogP contribution in [-0.4, -0.2) is 16.8 Å². The summed E-state index contributed by atoms with van der Waals surface area (Å²) in [4.78, 5) is 36.1. The highest BCUT2D eigenvalue weighted by atomic mass is 19.1. The van der Waals surface area contributed by atoms with Crippen molar-refractivity contribution in [1.29, 1.82) is 0 Å². The Balaban J connectivity index is 1.67. The molecule has 7 nitrogen and oxygen atoms in total. The van der Waals surface area contributed by atoms with E-state index in [-0.39, 0.29) is 33.8 Å². The van der Waals surface area contributed by atoms with Gasteiger partial charge in [-0.25, -0.2) is 13.6 Å². The van der Waals surface area contributed by atoms with Gasteiger partial charge in [0.05, 0.1) is 10.5 Å². The van der Waals surface area contributed by atoms with Crippen LogP contribution in [0.1, 0.15) is 15.9 Å². The molecule has 0 aliphatic heterocycles. The van der Waals surface area contributed by atoms with Gasteiger partial charge in [-0.3, -0.25) is 14.9 Å². The number of hydrogen-bond acceptors (Lipinski definition) is 5. The number of nitrogens with zero attached hydrogens (tertiary/aromatic N) is 1. The zero-order valence-electron chi connectivity index (χ0n) is 19.1. The van der Waals surface area contributed by atoms with Gasteiger partial charge < -0.3 is 10.1 Å². The molecule has 0 aliphatic carbocycles. The van der Waals surface area contributed by atoms with Crippen LogP contribution >= 0.6 is 0 Å². The molecule has 4 rings (SSSR count). The SMILES string of the molecule is O=C(/C=C/c1ccccc1)Oc1ccc(-c2ccc(F)cc2F)cc1C(=O)Nc1cccc([N+](=O)[O-])c1. The molecule has 1 N–H and O–H groups in total. The monoisotopic (exact) mass is 500 g/mol. The Labute approximate surface area is 209 Å². The van der Waals surface area contributed by atoms with Gasteiger partial charge in [0.15, 0.2) is 0 Å². The molecule has 1 amide bonds. The number of halogens is 2. The van der Waals surface area contributed by atoms with Gasteiger partial charge in [-0.05, 0) is 47.5 Å². The fourth-order valence-electron chi connectivity index (χ4n) is 3.45. The minimum Gasteiger partial charge on any atom is -0.423 e. The van der Waals surface area contributed by atoms with Crippen molar-refractivity contribution in [2.24, 2.45) is 0 Å². The van der Waals surface area contributed by atoms with Gasteiger partial charge in [-0.1, -0.05) is 42.5 Å². The zero-order valence-corrected chi connectivity index (χ0v) is 19.1. The second kappa shape index (κ2) is 11.0. The third kappa shape index (κ3) is 6.29. The number of hydrogen-bond donors (Lipinski definition) is 1. The van der Waals surface area contributed by atoms with Crippen molar-refractivity contribution in [3.63, 3.8) is 0 Å². The van der Waals surface area contributed by atoms with E-state index in [0.29, 0.717) is 6.07 Å². The molecular weight excluding hydrogens is 482 g/mol. The number of non-ortho nitro benzene ring substituents is 1. The Morgan fingerprint density at radius 2 is 1.68 bits per heavy atom. The van der Waals surface area contributed by atoms with Crippen LogP contribution in [0.15, 0.2) is 97.1 Å². The topological polar surface area (TPSA) is 98.5 Å². The minimum atomic E-state index is -0.847. The molecule has 0 saturated heterocycles.